The van der Waals surface area contributed by atoms with Gasteiger partial charge in [-0.3, -0.25) is 0 Å². The van der Waals surface area contributed by atoms with Crippen LogP contribution in [0.2, 0.25) is 5.02 Å². The molecular weight excluding hydrogens is 609 g/mol. The number of aromatic nitrogens is 2. The summed E-state index contributed by atoms with van der Waals surface area (Å²) >= 11 is 6.89. The number of nitrogens with zero attached hydrogens (tertiary/aromatic N) is 3. The maximum atomic E-state index is 14.3. The van der Waals surface area contributed by atoms with Crippen LogP contribution in [0.5, 0.6) is 11.5 Å². The molecular formula is C31H34ClF3N8O2. The molecule has 0 atom stereocenters. The van der Waals surface area contributed by atoms with Crippen LogP contribution in [0.3, 0.4) is 0 Å². The number of rotatable bonds is 10. The molecule has 0 spiro atoms. The number of allylic oxidation sites excluding steroid dienone is 1. The largest absolute Gasteiger partial charge is 0.497 e. The average Bonchev–Trinajstić information content (AvgIpc) is 3.04. The van der Waals surface area contributed by atoms with Crippen LogP contribution >= 0.6 is 11.6 Å². The molecule has 1 aliphatic heterocycles. The number of nitrogens with two attached hydrogens (primary N) is 3. The fraction of sp³-hybridized carbons (Fsp3) is 0.290. The first-order valence-corrected chi connectivity index (χ1v) is 14.6. The third-order valence-electron chi connectivity index (χ3n) is 7.55. The number of nitrogen functional groups attached to an aromatic ring is 1. The molecule has 5 rings (SSSR count). The molecule has 238 valence electrons. The van der Waals surface area contributed by atoms with E-state index in [9.17, 15) is 13.2 Å². The van der Waals surface area contributed by atoms with E-state index < -0.39 is 25.0 Å². The molecule has 2 heterocycles. The van der Waals surface area contributed by atoms with E-state index in [2.05, 4.69) is 25.5 Å². The van der Waals surface area contributed by atoms with Gasteiger partial charge in [0.1, 0.15) is 35.9 Å². The fourth-order valence-electron chi connectivity index (χ4n) is 5.24. The maximum Gasteiger partial charge on any atom is 0.431 e. The number of halogens is 4. The summed E-state index contributed by atoms with van der Waals surface area (Å²) in [6.07, 6.45) is -3.25. The van der Waals surface area contributed by atoms with E-state index in [1.54, 1.807) is 36.4 Å². The number of hydrogen-bond donors (Lipinski definition) is 5. The number of methoxy groups -OCH3 is 1. The van der Waals surface area contributed by atoms with E-state index in [1.165, 1.54) is 25.6 Å². The quantitative estimate of drug-likeness (QED) is 0.154. The summed E-state index contributed by atoms with van der Waals surface area (Å²) in [5, 5.41) is 6.89. The predicted molar refractivity (Wildman–Crippen MR) is 172 cm³/mol. The fourth-order valence-corrected chi connectivity index (χ4v) is 5.50. The molecule has 3 aromatic carbocycles. The van der Waals surface area contributed by atoms with Crippen molar-refractivity contribution in [1.29, 1.82) is 0 Å². The van der Waals surface area contributed by atoms with Gasteiger partial charge in [0.25, 0.3) is 0 Å². The topological polar surface area (TPSA) is 150 Å². The van der Waals surface area contributed by atoms with Crippen molar-refractivity contribution in [2.45, 2.75) is 12.7 Å². The predicted octanol–water partition coefficient (Wildman–Crippen LogP) is 4.68. The zero-order valence-electron chi connectivity index (χ0n) is 24.5. The minimum absolute atomic E-state index is 0.0228. The van der Waals surface area contributed by atoms with Gasteiger partial charge in [-0.15, -0.1) is 0 Å². The Kier molecular flexibility index (Phi) is 9.83. The van der Waals surface area contributed by atoms with E-state index in [1.807, 2.05) is 0 Å². The molecule has 14 heteroatoms. The van der Waals surface area contributed by atoms with Crippen LogP contribution in [0.4, 0.5) is 30.4 Å². The van der Waals surface area contributed by atoms with Crippen LogP contribution < -0.4 is 42.2 Å². The summed E-state index contributed by atoms with van der Waals surface area (Å²) < 4.78 is 54.0. The number of ether oxygens (including phenoxy) is 2. The normalized spacial score (nSPS) is 14.3. The molecule has 1 aliphatic rings. The average molecular weight is 643 g/mol. The van der Waals surface area contributed by atoms with Crippen molar-refractivity contribution < 1.29 is 22.6 Å². The number of hydrogen-bond acceptors (Lipinski definition) is 10. The van der Waals surface area contributed by atoms with Gasteiger partial charge in [0.05, 0.1) is 12.6 Å². The Morgan fingerprint density at radius 1 is 1.07 bits per heavy atom. The van der Waals surface area contributed by atoms with Gasteiger partial charge in [0.15, 0.2) is 0 Å². The molecule has 45 heavy (non-hydrogen) atoms. The lowest BCUT2D eigenvalue weighted by Gasteiger charge is -2.29. The minimum atomic E-state index is -4.74. The highest BCUT2D eigenvalue weighted by Crippen LogP contribution is 2.43. The molecule has 1 saturated heterocycles. The van der Waals surface area contributed by atoms with Crippen molar-refractivity contribution in [3.05, 3.63) is 76.7 Å². The first-order chi connectivity index (χ1) is 21.6. The molecule has 0 aliphatic carbocycles. The summed E-state index contributed by atoms with van der Waals surface area (Å²) in [6, 6.07) is 12.8. The number of anilines is 3. The molecule has 0 amide bonds. The van der Waals surface area contributed by atoms with Crippen molar-refractivity contribution in [1.82, 2.24) is 15.3 Å². The Labute approximate surface area is 263 Å². The first-order valence-electron chi connectivity index (χ1n) is 14.2. The molecule has 8 N–H and O–H groups in total. The lowest BCUT2D eigenvalue weighted by atomic mass is 9.95. The third-order valence-corrected chi connectivity index (χ3v) is 7.86. The second kappa shape index (κ2) is 13.8. The zero-order chi connectivity index (χ0) is 32.1. The third kappa shape index (κ3) is 7.01. The Bertz CT molecular complexity index is 1690. The second-order valence-corrected chi connectivity index (χ2v) is 10.7. The number of nitrogens with one attached hydrogen (secondary N) is 2. The van der Waals surface area contributed by atoms with Gasteiger partial charge in [0, 0.05) is 83.3 Å². The molecule has 1 aromatic heterocycles. The SMILES string of the molecule is COc1ccc(N/C(=C(\CN)COc2ccc(N)c(CN)c2-c2cc3ncnc(N4CCNCC4)c3cc2Cl)C(F)(F)F)cc1. The van der Waals surface area contributed by atoms with E-state index >= 15 is 0 Å². The van der Waals surface area contributed by atoms with Crippen molar-refractivity contribution in [2.75, 3.05) is 62.4 Å². The van der Waals surface area contributed by atoms with E-state index in [4.69, 9.17) is 38.3 Å². The van der Waals surface area contributed by atoms with Crippen LogP contribution in [-0.2, 0) is 6.54 Å². The summed E-state index contributed by atoms with van der Waals surface area (Å²) in [5.41, 5.74) is 19.8. The van der Waals surface area contributed by atoms with Crippen molar-refractivity contribution in [3.8, 4) is 22.6 Å². The van der Waals surface area contributed by atoms with E-state index in [0.717, 1.165) is 37.4 Å². The van der Waals surface area contributed by atoms with Crippen molar-refractivity contribution in [3.63, 3.8) is 0 Å². The number of alkyl halides is 3. The van der Waals surface area contributed by atoms with Crippen LogP contribution in [0.1, 0.15) is 5.56 Å². The Morgan fingerprint density at radius 3 is 2.44 bits per heavy atom. The van der Waals surface area contributed by atoms with Crippen LogP contribution in [0.25, 0.3) is 22.0 Å². The molecule has 0 bridgehead atoms. The lowest BCUT2D eigenvalue weighted by Crippen LogP contribution is -2.44. The number of benzene rings is 3. The molecule has 0 radical (unpaired) electrons. The Morgan fingerprint density at radius 2 is 1.80 bits per heavy atom. The van der Waals surface area contributed by atoms with Gasteiger partial charge < -0.3 is 42.2 Å². The van der Waals surface area contributed by atoms with Crippen LogP contribution in [0, 0.1) is 0 Å². The second-order valence-electron chi connectivity index (χ2n) is 10.3. The molecule has 0 unspecified atom stereocenters. The monoisotopic (exact) mass is 642 g/mol. The van der Waals surface area contributed by atoms with E-state index in [0.29, 0.717) is 38.7 Å². The zero-order valence-corrected chi connectivity index (χ0v) is 25.3. The van der Waals surface area contributed by atoms with Gasteiger partial charge >= 0.3 is 6.18 Å². The Hall–Kier alpha value is -4.30. The standard InChI is InChI=1S/C31H34ClF3N8O2/c1-44-20-4-2-19(3-5-20)42-29(31(33,34)35)18(14-36)16-45-27-7-6-25(38)23(15-37)28(27)21-13-26-22(12-24(21)32)30(41-17-40-26)43-10-8-39-9-11-43/h2-7,12-13,17,39,42H,8-11,14-16,36-38H2,1H3/b29-18+. The van der Waals surface area contributed by atoms with E-state index in [-0.39, 0.29) is 23.6 Å². The van der Waals surface area contributed by atoms with Crippen LogP contribution in [0.15, 0.2) is 66.1 Å². The van der Waals surface area contributed by atoms with Gasteiger partial charge in [0.2, 0.25) is 0 Å². The highest BCUT2D eigenvalue weighted by molar-refractivity contribution is 6.34. The van der Waals surface area contributed by atoms with Gasteiger partial charge in [-0.05, 0) is 48.5 Å². The molecule has 1 fully saturated rings. The molecule has 4 aromatic rings. The smallest absolute Gasteiger partial charge is 0.431 e. The van der Waals surface area contributed by atoms with Gasteiger partial charge in [-0.25, -0.2) is 9.97 Å². The maximum absolute atomic E-state index is 14.3. The highest BCUT2D eigenvalue weighted by Gasteiger charge is 2.37. The lowest BCUT2D eigenvalue weighted by molar-refractivity contribution is -0.0914. The molecule has 0 saturated carbocycles. The summed E-state index contributed by atoms with van der Waals surface area (Å²) in [6.45, 7) is 2.33. The summed E-state index contributed by atoms with van der Waals surface area (Å²) in [5.74, 6) is 1.50. The van der Waals surface area contributed by atoms with Crippen molar-refractivity contribution in [2.24, 2.45) is 11.5 Å². The van der Waals surface area contributed by atoms with Crippen LogP contribution in [-0.4, -0.2) is 62.6 Å². The highest BCUT2D eigenvalue weighted by atomic mass is 35.5. The van der Waals surface area contributed by atoms with Crippen molar-refractivity contribution >= 4 is 39.7 Å². The first kappa shape index (κ1) is 32.1. The number of fused-ring (bicyclic) bond motifs is 1. The summed E-state index contributed by atoms with van der Waals surface area (Å²) in [7, 11) is 1.47. The molecule has 10 nitrogen and oxygen atoms in total. The number of piperazine rings is 1. The summed E-state index contributed by atoms with van der Waals surface area (Å²) in [4.78, 5) is 11.2. The van der Waals surface area contributed by atoms with Gasteiger partial charge in [-0.1, -0.05) is 11.6 Å². The Balaban J connectivity index is 1.54. The van der Waals surface area contributed by atoms with Gasteiger partial charge in [-0.2, -0.15) is 13.2 Å². The minimum Gasteiger partial charge on any atom is -0.497 e.